The lowest BCUT2D eigenvalue weighted by atomic mass is 10.3. The second-order valence-electron chi connectivity index (χ2n) is 1.36. The maximum absolute atomic E-state index is 11.7. The van der Waals surface area contributed by atoms with Crippen LogP contribution < -0.4 is 0 Å². The Kier molecular flexibility index (Phi) is 3.76. The largest absolute Gasteiger partial charge is 0.248 e. The molecule has 6 heavy (non-hydrogen) atoms. The number of rotatable bonds is 2. The average molecular weight is 108 g/mol. The van der Waals surface area contributed by atoms with Gasteiger partial charge in [-0.1, -0.05) is 0 Å². The Morgan fingerprint density at radius 3 is 2.33 bits per heavy atom. The van der Waals surface area contributed by atoms with Crippen LogP contribution in [-0.2, 0) is 0 Å². The van der Waals surface area contributed by atoms with Crippen molar-refractivity contribution < 1.29 is 4.39 Å². The molecule has 0 aromatic carbocycles. The van der Waals surface area contributed by atoms with E-state index in [2.05, 4.69) is 9.24 Å². The molecule has 0 fully saturated rings. The molecule has 0 aliphatic carbocycles. The van der Waals surface area contributed by atoms with Gasteiger partial charge in [-0.15, -0.1) is 9.24 Å². The summed E-state index contributed by atoms with van der Waals surface area (Å²) in [6.07, 6.45) is 0.921. The number of hydrogen-bond acceptors (Lipinski definition) is 0. The maximum Gasteiger partial charge on any atom is 0.0976 e. The third kappa shape index (κ3) is 4.36. The molecule has 0 spiro atoms. The van der Waals surface area contributed by atoms with E-state index in [4.69, 9.17) is 0 Å². The predicted molar refractivity (Wildman–Crippen MR) is 29.8 cm³/mol. The van der Waals surface area contributed by atoms with Crippen molar-refractivity contribution >= 4 is 9.24 Å². The summed E-state index contributed by atoms with van der Waals surface area (Å²) in [6.45, 7) is 1.57. The van der Waals surface area contributed by atoms with Crippen LogP contribution in [0.5, 0.6) is 0 Å². The molecule has 0 aliphatic heterocycles. The summed E-state index contributed by atoms with van der Waals surface area (Å²) in [6, 6.07) is 0. The van der Waals surface area contributed by atoms with Crippen molar-refractivity contribution in [3.63, 3.8) is 0 Å². The van der Waals surface area contributed by atoms with E-state index >= 15 is 0 Å². The van der Waals surface area contributed by atoms with Crippen molar-refractivity contribution in [1.29, 1.82) is 0 Å². The summed E-state index contributed by atoms with van der Waals surface area (Å²) >= 11 is 0. The van der Waals surface area contributed by atoms with Gasteiger partial charge in [0.05, 0.1) is 6.17 Å². The summed E-state index contributed by atoms with van der Waals surface area (Å²) in [5.41, 5.74) is 0. The third-order valence-electron chi connectivity index (χ3n) is 0.564. The molecule has 0 N–H and O–H groups in total. The lowest BCUT2D eigenvalue weighted by Gasteiger charge is -1.91. The molecule has 0 saturated heterocycles. The molecule has 0 saturated carbocycles. The monoisotopic (exact) mass is 108 g/mol. The van der Waals surface area contributed by atoms with Gasteiger partial charge in [-0.3, -0.25) is 0 Å². The Hall–Kier alpha value is 0.360. The lowest BCUT2D eigenvalue weighted by Crippen LogP contribution is -1.90. The van der Waals surface area contributed by atoms with Crippen LogP contribution >= 0.6 is 9.24 Å². The van der Waals surface area contributed by atoms with E-state index in [0.717, 1.165) is 6.16 Å². The third-order valence-corrected chi connectivity index (χ3v) is 0.898. The molecule has 0 nitrogen and oxygen atoms in total. The smallest absolute Gasteiger partial charge is 0.0976 e. The highest BCUT2D eigenvalue weighted by molar-refractivity contribution is 7.16. The second kappa shape index (κ2) is 3.55. The summed E-state index contributed by atoms with van der Waals surface area (Å²) in [7, 11) is 2.48. The highest BCUT2D eigenvalue weighted by Crippen LogP contribution is 1.97. The Morgan fingerprint density at radius 1 is 1.83 bits per heavy atom. The summed E-state index contributed by atoms with van der Waals surface area (Å²) in [5, 5.41) is 0. The maximum atomic E-state index is 11.7. The molecular formula is C4H10FP. The molecule has 0 heterocycles. The molecule has 0 amide bonds. The lowest BCUT2D eigenvalue weighted by molar-refractivity contribution is 0.354. The van der Waals surface area contributed by atoms with Gasteiger partial charge in [-0.25, -0.2) is 4.39 Å². The standard InChI is InChI=1S/C4H10FP/c1-4(5)2-3-6/h4H,2-3,6H2,1H3. The Balaban J connectivity index is 2.63. The van der Waals surface area contributed by atoms with Gasteiger partial charge in [-0.2, -0.15) is 0 Å². The SMILES string of the molecule is CC(F)CCP. The first kappa shape index (κ1) is 6.36. The number of alkyl halides is 1. The highest BCUT2D eigenvalue weighted by Gasteiger charge is 1.90. The molecule has 2 atom stereocenters. The van der Waals surface area contributed by atoms with Gasteiger partial charge in [0.15, 0.2) is 0 Å². The van der Waals surface area contributed by atoms with Crippen LogP contribution in [0.25, 0.3) is 0 Å². The van der Waals surface area contributed by atoms with Crippen LogP contribution in [0.2, 0.25) is 0 Å². The molecule has 0 aromatic heterocycles. The molecule has 0 bridgehead atoms. The van der Waals surface area contributed by atoms with Crippen molar-refractivity contribution in [3.8, 4) is 0 Å². The van der Waals surface area contributed by atoms with Crippen molar-refractivity contribution in [2.45, 2.75) is 19.5 Å². The van der Waals surface area contributed by atoms with E-state index in [0.29, 0.717) is 6.42 Å². The zero-order valence-electron chi connectivity index (χ0n) is 3.95. The summed E-state index contributed by atoms with van der Waals surface area (Å²) in [4.78, 5) is 0. The van der Waals surface area contributed by atoms with Crippen LogP contribution in [0.3, 0.4) is 0 Å². The first-order valence-corrected chi connectivity index (χ1v) is 2.93. The van der Waals surface area contributed by atoms with Gasteiger partial charge in [0.1, 0.15) is 0 Å². The van der Waals surface area contributed by atoms with Crippen LogP contribution in [0, 0.1) is 0 Å². The van der Waals surface area contributed by atoms with Crippen LogP contribution in [0.4, 0.5) is 4.39 Å². The second-order valence-corrected chi connectivity index (χ2v) is 1.94. The molecule has 38 valence electrons. The van der Waals surface area contributed by atoms with Crippen molar-refractivity contribution in [1.82, 2.24) is 0 Å². The molecule has 0 radical (unpaired) electrons. The van der Waals surface area contributed by atoms with Crippen molar-refractivity contribution in [3.05, 3.63) is 0 Å². The fraction of sp³-hybridized carbons (Fsp3) is 1.00. The van der Waals surface area contributed by atoms with Crippen LogP contribution in [-0.4, -0.2) is 12.3 Å². The molecule has 0 rings (SSSR count). The number of hydrogen-bond donors (Lipinski definition) is 0. The molecule has 2 heteroatoms. The molecule has 0 aromatic rings. The van der Waals surface area contributed by atoms with Crippen LogP contribution in [0.1, 0.15) is 13.3 Å². The minimum Gasteiger partial charge on any atom is -0.248 e. The topological polar surface area (TPSA) is 0 Å². The molecule has 2 unspecified atom stereocenters. The van der Waals surface area contributed by atoms with Gasteiger partial charge in [0, 0.05) is 0 Å². The highest BCUT2D eigenvalue weighted by atomic mass is 31.0. The van der Waals surface area contributed by atoms with E-state index in [9.17, 15) is 4.39 Å². The van der Waals surface area contributed by atoms with Crippen LogP contribution in [0.15, 0.2) is 0 Å². The first-order valence-electron chi connectivity index (χ1n) is 2.11. The van der Waals surface area contributed by atoms with E-state index in [1.54, 1.807) is 6.92 Å². The van der Waals surface area contributed by atoms with E-state index in [-0.39, 0.29) is 0 Å². The zero-order chi connectivity index (χ0) is 4.99. The fourth-order valence-electron chi connectivity index (χ4n) is 0.230. The minimum atomic E-state index is -0.623. The van der Waals surface area contributed by atoms with E-state index < -0.39 is 6.17 Å². The number of halogens is 1. The summed E-state index contributed by atoms with van der Waals surface area (Å²) < 4.78 is 11.7. The Morgan fingerprint density at radius 2 is 2.33 bits per heavy atom. The fourth-order valence-corrected chi connectivity index (χ4v) is 0.689. The van der Waals surface area contributed by atoms with Crippen molar-refractivity contribution in [2.75, 3.05) is 6.16 Å². The molecule has 0 aliphatic rings. The van der Waals surface area contributed by atoms with Gasteiger partial charge in [-0.05, 0) is 19.5 Å². The predicted octanol–water partition coefficient (Wildman–Crippen LogP) is 1.61. The average Bonchev–Trinajstić information content (AvgIpc) is 1.35. The van der Waals surface area contributed by atoms with E-state index in [1.165, 1.54) is 0 Å². The quantitative estimate of drug-likeness (QED) is 0.471. The Labute approximate surface area is 40.3 Å². The van der Waals surface area contributed by atoms with Gasteiger partial charge >= 0.3 is 0 Å². The zero-order valence-corrected chi connectivity index (χ0v) is 5.10. The summed E-state index contributed by atoms with van der Waals surface area (Å²) in [5.74, 6) is 0. The van der Waals surface area contributed by atoms with Gasteiger partial charge in [0.2, 0.25) is 0 Å². The normalized spacial score (nSPS) is 14.5. The van der Waals surface area contributed by atoms with Gasteiger partial charge < -0.3 is 0 Å². The Bertz CT molecular complexity index is 28.7. The van der Waals surface area contributed by atoms with Gasteiger partial charge in [0.25, 0.3) is 0 Å². The minimum absolute atomic E-state index is 0.623. The van der Waals surface area contributed by atoms with E-state index in [1.807, 2.05) is 0 Å². The van der Waals surface area contributed by atoms with Crippen molar-refractivity contribution in [2.24, 2.45) is 0 Å². The first-order chi connectivity index (χ1) is 2.77. The molecular weight excluding hydrogens is 98.0 g/mol.